The molecule has 0 bridgehead atoms. The monoisotopic (exact) mass is 360 g/mol. The molecule has 1 atom stereocenters. The summed E-state index contributed by atoms with van der Waals surface area (Å²) in [6, 6.07) is 13.2. The largest absolute Gasteiger partial charge is 0.290 e. The van der Waals surface area contributed by atoms with E-state index in [0.717, 1.165) is 5.56 Å². The third-order valence-electron chi connectivity index (χ3n) is 4.40. The molecule has 4 nitrogen and oxygen atoms in total. The molecule has 6 heteroatoms. The van der Waals surface area contributed by atoms with Crippen molar-refractivity contribution in [1.29, 1.82) is 0 Å². The zero-order valence-corrected chi connectivity index (χ0v) is 14.5. The summed E-state index contributed by atoms with van der Waals surface area (Å²) in [5.41, 5.74) is 1.22. The number of hydrogen-bond donors (Lipinski definition) is 0. The Labute approximate surface area is 150 Å². The molecule has 0 aromatic heterocycles. The van der Waals surface area contributed by atoms with E-state index in [0.29, 0.717) is 10.6 Å². The second kappa shape index (κ2) is 7.33. The maximum Gasteiger partial charge on any atom is 0.247 e. The van der Waals surface area contributed by atoms with E-state index in [-0.39, 0.29) is 31.3 Å². The Bertz CT molecular complexity index is 777. The number of hydrogen-bond acceptors (Lipinski definition) is 3. The molecule has 2 aromatic carbocycles. The lowest BCUT2D eigenvalue weighted by Crippen LogP contribution is -2.39. The molecule has 1 heterocycles. The summed E-state index contributed by atoms with van der Waals surface area (Å²) >= 11 is 6.05. The molecule has 0 aliphatic carbocycles. The fourth-order valence-electron chi connectivity index (χ4n) is 2.99. The maximum absolute atomic E-state index is 14.0. The van der Waals surface area contributed by atoms with Gasteiger partial charge in [-0.15, -0.1) is 0 Å². The van der Waals surface area contributed by atoms with Gasteiger partial charge in [0.15, 0.2) is 0 Å². The van der Waals surface area contributed by atoms with Crippen LogP contribution in [0.25, 0.3) is 0 Å². The SMILES string of the molecule is CN(Cc1c(F)cccc1Cl)[C@H]1CC(=O)N(Cc2ccccc2)C1=O. The van der Waals surface area contributed by atoms with Gasteiger partial charge >= 0.3 is 0 Å². The highest BCUT2D eigenvalue weighted by Gasteiger charge is 2.40. The van der Waals surface area contributed by atoms with Crippen molar-refractivity contribution in [1.82, 2.24) is 9.80 Å². The number of imide groups is 1. The van der Waals surface area contributed by atoms with Crippen molar-refractivity contribution in [2.24, 2.45) is 0 Å². The summed E-state index contributed by atoms with van der Waals surface area (Å²) in [6.45, 7) is 0.414. The molecule has 0 radical (unpaired) electrons. The van der Waals surface area contributed by atoms with Crippen molar-refractivity contribution in [2.75, 3.05) is 7.05 Å². The van der Waals surface area contributed by atoms with E-state index < -0.39 is 11.9 Å². The number of carbonyl (C=O) groups is 2. The fraction of sp³-hybridized carbons (Fsp3) is 0.263. The van der Waals surface area contributed by atoms with E-state index in [1.54, 1.807) is 18.0 Å². The van der Waals surface area contributed by atoms with Crippen molar-refractivity contribution < 1.29 is 14.0 Å². The first-order chi connectivity index (χ1) is 12.0. The zero-order chi connectivity index (χ0) is 18.0. The Hall–Kier alpha value is -2.24. The molecular weight excluding hydrogens is 343 g/mol. The molecule has 0 saturated carbocycles. The van der Waals surface area contributed by atoms with Gasteiger partial charge in [-0.1, -0.05) is 48.0 Å². The number of nitrogens with zero attached hydrogens (tertiary/aromatic N) is 2. The van der Waals surface area contributed by atoms with Crippen LogP contribution >= 0.6 is 11.6 Å². The number of halogens is 2. The summed E-state index contributed by atoms with van der Waals surface area (Å²) < 4.78 is 14.0. The molecule has 1 aliphatic heterocycles. The minimum Gasteiger partial charge on any atom is -0.290 e. The number of benzene rings is 2. The third kappa shape index (κ3) is 3.72. The Morgan fingerprint density at radius 2 is 1.88 bits per heavy atom. The van der Waals surface area contributed by atoms with Gasteiger partial charge in [0.2, 0.25) is 11.8 Å². The van der Waals surface area contributed by atoms with Crippen LogP contribution in [0.5, 0.6) is 0 Å². The Morgan fingerprint density at radius 3 is 2.56 bits per heavy atom. The highest BCUT2D eigenvalue weighted by Crippen LogP contribution is 2.25. The summed E-state index contributed by atoms with van der Waals surface area (Å²) in [5.74, 6) is -0.897. The van der Waals surface area contributed by atoms with E-state index in [4.69, 9.17) is 11.6 Å². The lowest BCUT2D eigenvalue weighted by atomic mass is 10.1. The molecule has 25 heavy (non-hydrogen) atoms. The van der Waals surface area contributed by atoms with Crippen molar-refractivity contribution in [3.8, 4) is 0 Å². The fourth-order valence-corrected chi connectivity index (χ4v) is 3.21. The molecule has 2 aromatic rings. The predicted octanol–water partition coefficient (Wildman–Crippen LogP) is 3.24. The lowest BCUT2D eigenvalue weighted by Gasteiger charge is -2.23. The summed E-state index contributed by atoms with van der Waals surface area (Å²) in [6.07, 6.45) is 0.0915. The van der Waals surface area contributed by atoms with Crippen LogP contribution in [-0.4, -0.2) is 34.7 Å². The first kappa shape index (κ1) is 17.6. The number of likely N-dealkylation sites (tertiary alicyclic amines) is 1. The van der Waals surface area contributed by atoms with Crippen molar-refractivity contribution >= 4 is 23.4 Å². The molecule has 3 rings (SSSR count). The van der Waals surface area contributed by atoms with Gasteiger partial charge in [0.1, 0.15) is 5.82 Å². The molecule has 1 saturated heterocycles. The Morgan fingerprint density at radius 1 is 1.16 bits per heavy atom. The van der Waals surface area contributed by atoms with Gasteiger partial charge in [-0.05, 0) is 24.7 Å². The molecule has 130 valence electrons. The van der Waals surface area contributed by atoms with Crippen LogP contribution in [0.15, 0.2) is 48.5 Å². The van der Waals surface area contributed by atoms with Gasteiger partial charge in [0.05, 0.1) is 19.0 Å². The summed E-state index contributed by atoms with van der Waals surface area (Å²) in [4.78, 5) is 27.9. The van der Waals surface area contributed by atoms with E-state index in [1.165, 1.54) is 17.0 Å². The number of amides is 2. The van der Waals surface area contributed by atoms with Crippen molar-refractivity contribution in [2.45, 2.75) is 25.6 Å². The molecule has 1 aliphatic rings. The average Bonchev–Trinajstić information content (AvgIpc) is 2.87. The highest BCUT2D eigenvalue weighted by molar-refractivity contribution is 6.31. The molecule has 2 amide bonds. The average molecular weight is 361 g/mol. The normalized spacial score (nSPS) is 17.6. The Kier molecular flexibility index (Phi) is 5.16. The first-order valence-corrected chi connectivity index (χ1v) is 8.36. The van der Waals surface area contributed by atoms with E-state index in [9.17, 15) is 14.0 Å². The van der Waals surface area contributed by atoms with E-state index in [1.807, 2.05) is 30.3 Å². The van der Waals surface area contributed by atoms with Gasteiger partial charge in [-0.25, -0.2) is 4.39 Å². The topological polar surface area (TPSA) is 40.6 Å². The van der Waals surface area contributed by atoms with Gasteiger partial charge in [-0.2, -0.15) is 0 Å². The van der Waals surface area contributed by atoms with E-state index in [2.05, 4.69) is 0 Å². The van der Waals surface area contributed by atoms with Gasteiger partial charge in [0, 0.05) is 17.1 Å². The van der Waals surface area contributed by atoms with Crippen LogP contribution in [0.2, 0.25) is 5.02 Å². The second-order valence-corrected chi connectivity index (χ2v) is 6.55. The number of rotatable bonds is 5. The van der Waals surface area contributed by atoms with Crippen molar-refractivity contribution in [3.05, 3.63) is 70.5 Å². The van der Waals surface area contributed by atoms with Crippen LogP contribution in [0, 0.1) is 5.82 Å². The molecule has 1 fully saturated rings. The van der Waals surface area contributed by atoms with E-state index >= 15 is 0 Å². The van der Waals surface area contributed by atoms with Crippen molar-refractivity contribution in [3.63, 3.8) is 0 Å². The molecule has 0 spiro atoms. The molecule has 0 unspecified atom stereocenters. The summed E-state index contributed by atoms with van der Waals surface area (Å²) in [7, 11) is 1.70. The standard InChI is InChI=1S/C19H18ClFN2O2/c1-22(12-14-15(20)8-5-9-16(14)21)17-10-18(24)23(19(17)25)11-13-6-3-2-4-7-13/h2-9,17H,10-12H2,1H3/t17-/m0/s1. The first-order valence-electron chi connectivity index (χ1n) is 7.98. The second-order valence-electron chi connectivity index (χ2n) is 6.14. The van der Waals surface area contributed by atoms with Crippen LogP contribution < -0.4 is 0 Å². The lowest BCUT2D eigenvalue weighted by molar-refractivity contribution is -0.140. The molecule has 0 N–H and O–H groups in total. The quantitative estimate of drug-likeness (QED) is 0.769. The predicted molar refractivity (Wildman–Crippen MR) is 93.3 cm³/mol. The smallest absolute Gasteiger partial charge is 0.247 e. The van der Waals surface area contributed by atoms with Gasteiger partial charge < -0.3 is 0 Å². The van der Waals surface area contributed by atoms with Gasteiger partial charge in [-0.3, -0.25) is 19.4 Å². The van der Waals surface area contributed by atoms with Crippen LogP contribution in [-0.2, 0) is 22.7 Å². The minimum absolute atomic E-state index is 0.0915. The number of likely N-dealkylation sites (N-methyl/N-ethyl adjacent to an activating group) is 1. The Balaban J connectivity index is 1.73. The van der Waals surface area contributed by atoms with Crippen LogP contribution in [0.4, 0.5) is 4.39 Å². The highest BCUT2D eigenvalue weighted by atomic mass is 35.5. The molecular formula is C19H18ClFN2O2. The number of carbonyl (C=O) groups excluding carboxylic acids is 2. The van der Waals surface area contributed by atoms with Crippen LogP contribution in [0.1, 0.15) is 17.5 Å². The maximum atomic E-state index is 14.0. The summed E-state index contributed by atoms with van der Waals surface area (Å²) in [5, 5.41) is 0.310. The minimum atomic E-state index is -0.605. The zero-order valence-electron chi connectivity index (χ0n) is 13.8. The third-order valence-corrected chi connectivity index (χ3v) is 4.76. The van der Waals surface area contributed by atoms with Gasteiger partial charge in [0.25, 0.3) is 0 Å². The van der Waals surface area contributed by atoms with Crippen LogP contribution in [0.3, 0.4) is 0 Å².